The van der Waals surface area contributed by atoms with Gasteiger partial charge in [-0.05, 0) is 38.3 Å². The maximum Gasteiger partial charge on any atom is 0.152 e. The topological polar surface area (TPSA) is 37.3 Å². The molecule has 12 heavy (non-hydrogen) atoms. The molecule has 0 aromatic rings. The zero-order valence-corrected chi connectivity index (χ0v) is 8.29. The Labute approximate surface area is 74.3 Å². The zero-order chi connectivity index (χ0) is 9.78. The van der Waals surface area contributed by atoms with E-state index >= 15 is 0 Å². The third-order valence-corrected chi connectivity index (χ3v) is 1.50. The Morgan fingerprint density at radius 3 is 2.42 bits per heavy atom. The molecular formula is C10H18O2. The van der Waals surface area contributed by atoms with E-state index in [0.717, 1.165) is 0 Å². The van der Waals surface area contributed by atoms with Crippen LogP contribution < -0.4 is 0 Å². The normalized spacial score (nSPS) is 16.8. The molecule has 0 spiro atoms. The summed E-state index contributed by atoms with van der Waals surface area (Å²) in [5.74, 6) is 0.399. The summed E-state index contributed by atoms with van der Waals surface area (Å²) in [5.41, 5.74) is -0.847. The van der Waals surface area contributed by atoms with Crippen molar-refractivity contribution < 1.29 is 9.90 Å². The SMILES string of the molecule is CC(=O)C=CC(C)(O)CC(C)C. The van der Waals surface area contributed by atoms with Gasteiger partial charge in [-0.2, -0.15) is 0 Å². The van der Waals surface area contributed by atoms with E-state index in [0.29, 0.717) is 12.3 Å². The number of carbonyl (C=O) groups is 1. The maximum atomic E-state index is 10.6. The summed E-state index contributed by atoms with van der Waals surface area (Å²) in [5, 5.41) is 9.69. The summed E-state index contributed by atoms with van der Waals surface area (Å²) in [6.45, 7) is 7.26. The number of hydrogen-bond acceptors (Lipinski definition) is 2. The number of hydrogen-bond donors (Lipinski definition) is 1. The summed E-state index contributed by atoms with van der Waals surface area (Å²) < 4.78 is 0. The monoisotopic (exact) mass is 170 g/mol. The summed E-state index contributed by atoms with van der Waals surface area (Å²) >= 11 is 0. The fourth-order valence-corrected chi connectivity index (χ4v) is 1.19. The molecule has 70 valence electrons. The van der Waals surface area contributed by atoms with Crippen molar-refractivity contribution >= 4 is 5.78 Å². The maximum absolute atomic E-state index is 10.6. The minimum Gasteiger partial charge on any atom is -0.386 e. The van der Waals surface area contributed by atoms with Crippen molar-refractivity contribution in [2.24, 2.45) is 5.92 Å². The molecule has 0 rings (SSSR count). The van der Waals surface area contributed by atoms with E-state index in [9.17, 15) is 9.90 Å². The molecule has 0 fully saturated rings. The Morgan fingerprint density at radius 1 is 1.58 bits per heavy atom. The zero-order valence-electron chi connectivity index (χ0n) is 8.29. The van der Waals surface area contributed by atoms with E-state index < -0.39 is 5.60 Å². The third-order valence-electron chi connectivity index (χ3n) is 1.50. The van der Waals surface area contributed by atoms with Gasteiger partial charge in [-0.25, -0.2) is 0 Å². The van der Waals surface area contributed by atoms with Crippen molar-refractivity contribution in [3.8, 4) is 0 Å². The Bertz CT molecular complexity index is 178. The highest BCUT2D eigenvalue weighted by Crippen LogP contribution is 2.17. The molecular weight excluding hydrogens is 152 g/mol. The van der Waals surface area contributed by atoms with Gasteiger partial charge in [0.15, 0.2) is 5.78 Å². The van der Waals surface area contributed by atoms with Gasteiger partial charge >= 0.3 is 0 Å². The Balaban J connectivity index is 4.12. The van der Waals surface area contributed by atoms with Crippen LogP contribution in [0.15, 0.2) is 12.2 Å². The molecule has 1 unspecified atom stereocenters. The van der Waals surface area contributed by atoms with Crippen LogP contribution >= 0.6 is 0 Å². The first-order valence-corrected chi connectivity index (χ1v) is 4.25. The van der Waals surface area contributed by atoms with E-state index in [4.69, 9.17) is 0 Å². The molecule has 1 N–H and O–H groups in total. The Kier molecular flexibility index (Phi) is 4.18. The molecule has 0 amide bonds. The van der Waals surface area contributed by atoms with Crippen LogP contribution in [0.25, 0.3) is 0 Å². The average Bonchev–Trinajstić information content (AvgIpc) is 1.81. The summed E-state index contributed by atoms with van der Waals surface area (Å²) in [6.07, 6.45) is 3.66. The lowest BCUT2D eigenvalue weighted by molar-refractivity contribution is -0.112. The number of rotatable bonds is 4. The molecule has 2 heteroatoms. The molecule has 0 radical (unpaired) electrons. The first-order valence-electron chi connectivity index (χ1n) is 4.25. The van der Waals surface area contributed by atoms with Crippen molar-refractivity contribution in [3.05, 3.63) is 12.2 Å². The van der Waals surface area contributed by atoms with Crippen LogP contribution in [0, 0.1) is 5.92 Å². The number of allylic oxidation sites excluding steroid dienone is 1. The van der Waals surface area contributed by atoms with E-state index in [1.807, 2.05) is 13.8 Å². The van der Waals surface area contributed by atoms with E-state index in [1.54, 1.807) is 13.0 Å². The Hall–Kier alpha value is -0.630. The first kappa shape index (κ1) is 11.4. The lowest BCUT2D eigenvalue weighted by Crippen LogP contribution is -2.23. The molecule has 0 saturated carbocycles. The molecule has 0 heterocycles. The molecule has 0 saturated heterocycles. The van der Waals surface area contributed by atoms with Crippen molar-refractivity contribution in [3.63, 3.8) is 0 Å². The van der Waals surface area contributed by atoms with Crippen LogP contribution in [0.1, 0.15) is 34.1 Å². The second kappa shape index (κ2) is 4.41. The van der Waals surface area contributed by atoms with E-state index in [2.05, 4.69) is 0 Å². The third kappa shape index (κ3) is 6.10. The molecule has 0 aromatic heterocycles. The van der Waals surface area contributed by atoms with Gasteiger partial charge in [-0.1, -0.05) is 13.8 Å². The van der Waals surface area contributed by atoms with Gasteiger partial charge in [0.05, 0.1) is 5.60 Å². The quantitative estimate of drug-likeness (QED) is 0.654. The van der Waals surface area contributed by atoms with E-state index in [-0.39, 0.29) is 5.78 Å². The lowest BCUT2D eigenvalue weighted by Gasteiger charge is -2.20. The van der Waals surface area contributed by atoms with Crippen molar-refractivity contribution in [1.82, 2.24) is 0 Å². The van der Waals surface area contributed by atoms with Gasteiger partial charge in [-0.3, -0.25) is 4.79 Å². The van der Waals surface area contributed by atoms with Crippen LogP contribution in [-0.4, -0.2) is 16.5 Å². The molecule has 0 aliphatic heterocycles. The first-order chi connectivity index (χ1) is 5.33. The van der Waals surface area contributed by atoms with Gasteiger partial charge < -0.3 is 5.11 Å². The minimum atomic E-state index is -0.847. The highest BCUT2D eigenvalue weighted by molar-refractivity contribution is 5.87. The predicted octanol–water partition coefficient (Wildman–Crippen LogP) is 1.93. The summed E-state index contributed by atoms with van der Waals surface area (Å²) in [7, 11) is 0. The van der Waals surface area contributed by atoms with Crippen molar-refractivity contribution in [2.45, 2.75) is 39.7 Å². The van der Waals surface area contributed by atoms with Crippen LogP contribution in [0.2, 0.25) is 0 Å². The van der Waals surface area contributed by atoms with Gasteiger partial charge in [0, 0.05) is 0 Å². The van der Waals surface area contributed by atoms with Crippen molar-refractivity contribution in [2.75, 3.05) is 0 Å². The molecule has 0 aromatic carbocycles. The fraction of sp³-hybridized carbons (Fsp3) is 0.700. The Morgan fingerprint density at radius 2 is 2.08 bits per heavy atom. The lowest BCUT2D eigenvalue weighted by atomic mass is 9.94. The summed E-state index contributed by atoms with van der Waals surface area (Å²) in [6, 6.07) is 0. The van der Waals surface area contributed by atoms with Gasteiger partial charge in [0.1, 0.15) is 0 Å². The smallest absolute Gasteiger partial charge is 0.152 e. The van der Waals surface area contributed by atoms with Gasteiger partial charge in [-0.15, -0.1) is 0 Å². The molecule has 1 atom stereocenters. The highest BCUT2D eigenvalue weighted by Gasteiger charge is 2.17. The summed E-state index contributed by atoms with van der Waals surface area (Å²) in [4.78, 5) is 10.6. The standard InChI is InChI=1S/C10H18O2/c1-8(2)7-10(4,12)6-5-9(3)11/h5-6,8,12H,7H2,1-4H3. The van der Waals surface area contributed by atoms with Crippen LogP contribution in [-0.2, 0) is 4.79 Å². The fourth-order valence-electron chi connectivity index (χ4n) is 1.19. The molecule has 0 aliphatic rings. The number of carbonyl (C=O) groups excluding carboxylic acids is 1. The van der Waals surface area contributed by atoms with Crippen LogP contribution in [0.5, 0.6) is 0 Å². The number of ketones is 1. The van der Waals surface area contributed by atoms with Gasteiger partial charge in [0.25, 0.3) is 0 Å². The highest BCUT2D eigenvalue weighted by atomic mass is 16.3. The second-order valence-corrected chi connectivity index (χ2v) is 3.90. The van der Waals surface area contributed by atoms with Crippen molar-refractivity contribution in [1.29, 1.82) is 0 Å². The molecule has 2 nitrogen and oxygen atoms in total. The van der Waals surface area contributed by atoms with E-state index in [1.165, 1.54) is 13.0 Å². The minimum absolute atomic E-state index is 0.0287. The van der Waals surface area contributed by atoms with Gasteiger partial charge in [0.2, 0.25) is 0 Å². The van der Waals surface area contributed by atoms with Crippen LogP contribution in [0.3, 0.4) is 0 Å². The molecule has 0 aliphatic carbocycles. The predicted molar refractivity (Wildman–Crippen MR) is 49.9 cm³/mol. The average molecular weight is 170 g/mol. The van der Waals surface area contributed by atoms with Crippen LogP contribution in [0.4, 0.5) is 0 Å². The number of aliphatic hydroxyl groups is 1. The largest absolute Gasteiger partial charge is 0.386 e. The molecule has 0 bridgehead atoms. The second-order valence-electron chi connectivity index (χ2n) is 3.90.